The number of benzene rings is 1. The fraction of sp³-hybridized carbons (Fsp3) is 0.444. The predicted octanol–water partition coefficient (Wildman–Crippen LogP) is 2.19. The van der Waals surface area contributed by atoms with Crippen molar-refractivity contribution in [3.8, 4) is 5.69 Å². The number of morpholine rings is 1. The van der Waals surface area contributed by atoms with E-state index in [1.165, 1.54) is 0 Å². The van der Waals surface area contributed by atoms with Crippen molar-refractivity contribution in [1.82, 2.24) is 14.9 Å². The number of amides is 1. The summed E-state index contributed by atoms with van der Waals surface area (Å²) in [5.74, 6) is -0.125. The van der Waals surface area contributed by atoms with Crippen LogP contribution in [0.2, 0.25) is 0 Å². The van der Waals surface area contributed by atoms with Gasteiger partial charge < -0.3 is 19.9 Å². The minimum atomic E-state index is -0.462. The van der Waals surface area contributed by atoms with Gasteiger partial charge in [0, 0.05) is 29.2 Å². The maximum absolute atomic E-state index is 12.3. The van der Waals surface area contributed by atoms with Gasteiger partial charge in [-0.3, -0.25) is 4.79 Å². The highest BCUT2D eigenvalue weighted by atomic mass is 16.5. The second-order valence-electron chi connectivity index (χ2n) is 6.89. The van der Waals surface area contributed by atoms with Crippen molar-refractivity contribution in [3.63, 3.8) is 0 Å². The minimum absolute atomic E-state index is 0.0841. The molecule has 0 bridgehead atoms. The molecule has 1 aromatic carbocycles. The third-order valence-electron chi connectivity index (χ3n) is 4.37. The van der Waals surface area contributed by atoms with Crippen molar-refractivity contribution in [1.29, 1.82) is 0 Å². The molecule has 6 heteroatoms. The van der Waals surface area contributed by atoms with Crippen LogP contribution in [0, 0.1) is 13.8 Å². The number of anilines is 1. The molecule has 0 saturated carbocycles. The average molecular weight is 328 g/mol. The van der Waals surface area contributed by atoms with Crippen molar-refractivity contribution in [2.24, 2.45) is 0 Å². The Bertz CT molecular complexity index is 724. The number of aromatic nitrogens is 2. The van der Waals surface area contributed by atoms with E-state index in [0.29, 0.717) is 13.2 Å². The minimum Gasteiger partial charge on any atom is -0.365 e. The summed E-state index contributed by atoms with van der Waals surface area (Å²) in [6, 6.07) is 7.71. The molecule has 1 fully saturated rings. The Kier molecular flexibility index (Phi) is 4.43. The predicted molar refractivity (Wildman–Crippen MR) is 93.5 cm³/mol. The molecular formula is C18H24N4O2. The molecule has 0 radical (unpaired) electrons. The molecule has 1 saturated heterocycles. The maximum atomic E-state index is 12.3. The normalized spacial score (nSPS) is 19.9. The van der Waals surface area contributed by atoms with E-state index in [0.717, 1.165) is 22.8 Å². The van der Waals surface area contributed by atoms with Gasteiger partial charge >= 0.3 is 0 Å². The summed E-state index contributed by atoms with van der Waals surface area (Å²) in [4.78, 5) is 16.6. The summed E-state index contributed by atoms with van der Waals surface area (Å²) in [5, 5.41) is 6.23. The molecule has 24 heavy (non-hydrogen) atoms. The van der Waals surface area contributed by atoms with Crippen LogP contribution < -0.4 is 10.6 Å². The van der Waals surface area contributed by atoms with Crippen LogP contribution in [-0.4, -0.2) is 40.3 Å². The molecule has 128 valence electrons. The molecule has 1 aliphatic rings. The zero-order chi connectivity index (χ0) is 17.3. The highest BCUT2D eigenvalue weighted by molar-refractivity contribution is 5.94. The van der Waals surface area contributed by atoms with Crippen molar-refractivity contribution >= 4 is 11.6 Å². The number of carbonyl (C=O) groups excluding carboxylic acids is 1. The van der Waals surface area contributed by atoms with E-state index < -0.39 is 6.10 Å². The van der Waals surface area contributed by atoms with Gasteiger partial charge in [-0.05, 0) is 52.0 Å². The van der Waals surface area contributed by atoms with E-state index in [1.54, 1.807) is 0 Å². The highest BCUT2D eigenvalue weighted by Gasteiger charge is 2.30. The van der Waals surface area contributed by atoms with E-state index in [1.807, 2.05) is 49.0 Å². The summed E-state index contributed by atoms with van der Waals surface area (Å²) < 4.78 is 7.68. The largest absolute Gasteiger partial charge is 0.365 e. The van der Waals surface area contributed by atoms with Gasteiger partial charge in [-0.15, -0.1) is 0 Å². The number of nitrogens with zero attached hydrogens (tertiary/aromatic N) is 2. The molecule has 1 aromatic heterocycles. The average Bonchev–Trinajstić information content (AvgIpc) is 2.88. The smallest absolute Gasteiger partial charge is 0.254 e. The van der Waals surface area contributed by atoms with Crippen LogP contribution in [0.15, 0.2) is 30.6 Å². The fourth-order valence-electron chi connectivity index (χ4n) is 2.64. The Morgan fingerprint density at radius 2 is 2.04 bits per heavy atom. The molecule has 1 atom stereocenters. The third kappa shape index (κ3) is 3.49. The van der Waals surface area contributed by atoms with Crippen LogP contribution in [0.3, 0.4) is 0 Å². The summed E-state index contributed by atoms with van der Waals surface area (Å²) in [7, 11) is 0. The maximum Gasteiger partial charge on any atom is 0.254 e. The first-order valence-corrected chi connectivity index (χ1v) is 8.14. The molecule has 2 heterocycles. The highest BCUT2D eigenvalue weighted by Crippen LogP contribution is 2.18. The van der Waals surface area contributed by atoms with Crippen molar-refractivity contribution < 1.29 is 9.53 Å². The van der Waals surface area contributed by atoms with E-state index in [4.69, 9.17) is 4.74 Å². The molecule has 0 spiro atoms. The SMILES string of the molecule is Cc1ncn(-c2ccc(NC(=O)C3CNC(C)(C)CO3)cc2)c1C. The summed E-state index contributed by atoms with van der Waals surface area (Å²) in [5.41, 5.74) is 3.81. The second kappa shape index (κ2) is 6.37. The van der Waals surface area contributed by atoms with E-state index in [-0.39, 0.29) is 11.4 Å². The molecule has 3 rings (SSSR count). The molecule has 2 N–H and O–H groups in total. The molecule has 1 aliphatic heterocycles. The lowest BCUT2D eigenvalue weighted by molar-refractivity contribution is -0.131. The van der Waals surface area contributed by atoms with Gasteiger partial charge in [-0.1, -0.05) is 0 Å². The quantitative estimate of drug-likeness (QED) is 0.906. The van der Waals surface area contributed by atoms with Gasteiger partial charge in [0.25, 0.3) is 5.91 Å². The molecular weight excluding hydrogens is 304 g/mol. The molecule has 1 amide bonds. The van der Waals surface area contributed by atoms with Crippen LogP contribution in [0.5, 0.6) is 0 Å². The number of rotatable bonds is 3. The number of hydrogen-bond donors (Lipinski definition) is 2. The van der Waals surface area contributed by atoms with Gasteiger partial charge in [0.05, 0.1) is 18.6 Å². The fourth-order valence-corrected chi connectivity index (χ4v) is 2.64. The lowest BCUT2D eigenvalue weighted by Crippen LogP contribution is -2.56. The Balaban J connectivity index is 1.64. The second-order valence-corrected chi connectivity index (χ2v) is 6.89. The van der Waals surface area contributed by atoms with Gasteiger partial charge in [0.15, 0.2) is 0 Å². The van der Waals surface area contributed by atoms with Gasteiger partial charge in [0.2, 0.25) is 0 Å². The van der Waals surface area contributed by atoms with Crippen LogP contribution in [0.1, 0.15) is 25.2 Å². The zero-order valence-corrected chi connectivity index (χ0v) is 14.6. The topological polar surface area (TPSA) is 68.2 Å². The number of aryl methyl sites for hydroxylation is 1. The Labute approximate surface area is 142 Å². The summed E-state index contributed by atoms with van der Waals surface area (Å²) in [6.07, 6.45) is 1.35. The first-order chi connectivity index (χ1) is 11.4. The molecule has 2 aromatic rings. The standard InChI is InChI=1S/C18H24N4O2/c1-12-13(2)22(11-19-12)15-7-5-14(6-8-15)21-17(23)16-9-20-18(3,4)10-24-16/h5-8,11,16,20H,9-10H2,1-4H3,(H,21,23). The zero-order valence-electron chi connectivity index (χ0n) is 14.6. The van der Waals surface area contributed by atoms with Crippen LogP contribution in [-0.2, 0) is 9.53 Å². The van der Waals surface area contributed by atoms with Gasteiger partial charge in [-0.25, -0.2) is 4.98 Å². The monoisotopic (exact) mass is 328 g/mol. The third-order valence-corrected chi connectivity index (χ3v) is 4.37. The molecule has 1 unspecified atom stereocenters. The van der Waals surface area contributed by atoms with E-state index >= 15 is 0 Å². The lowest BCUT2D eigenvalue weighted by Gasteiger charge is -2.35. The number of ether oxygens (including phenoxy) is 1. The lowest BCUT2D eigenvalue weighted by atomic mass is 10.0. The Morgan fingerprint density at radius 3 is 2.58 bits per heavy atom. The number of nitrogens with one attached hydrogen (secondary N) is 2. The van der Waals surface area contributed by atoms with Crippen molar-refractivity contribution in [2.45, 2.75) is 39.3 Å². The van der Waals surface area contributed by atoms with Crippen molar-refractivity contribution in [3.05, 3.63) is 42.0 Å². The van der Waals surface area contributed by atoms with Gasteiger partial charge in [0.1, 0.15) is 6.10 Å². The van der Waals surface area contributed by atoms with Crippen LogP contribution >= 0.6 is 0 Å². The number of carbonyl (C=O) groups is 1. The van der Waals surface area contributed by atoms with Crippen molar-refractivity contribution in [2.75, 3.05) is 18.5 Å². The van der Waals surface area contributed by atoms with Crippen LogP contribution in [0.25, 0.3) is 5.69 Å². The number of imidazole rings is 1. The first-order valence-electron chi connectivity index (χ1n) is 8.14. The summed E-state index contributed by atoms with van der Waals surface area (Å²) in [6.45, 7) is 9.17. The van der Waals surface area contributed by atoms with E-state index in [9.17, 15) is 4.79 Å². The molecule has 0 aliphatic carbocycles. The number of hydrogen-bond acceptors (Lipinski definition) is 4. The van der Waals surface area contributed by atoms with E-state index in [2.05, 4.69) is 29.5 Å². The summed E-state index contributed by atoms with van der Waals surface area (Å²) >= 11 is 0. The van der Waals surface area contributed by atoms with Gasteiger partial charge in [-0.2, -0.15) is 0 Å². The van der Waals surface area contributed by atoms with Crippen LogP contribution in [0.4, 0.5) is 5.69 Å². The first kappa shape index (κ1) is 16.7. The Morgan fingerprint density at radius 1 is 1.33 bits per heavy atom. The molecule has 6 nitrogen and oxygen atoms in total. The Hall–Kier alpha value is -2.18.